The van der Waals surface area contributed by atoms with Gasteiger partial charge < -0.3 is 19.7 Å². The number of H-pyrrole nitrogens is 1. The quantitative estimate of drug-likeness (QED) is 0.174. The minimum Gasteiger partial charge on any atom is -0.348 e. The van der Waals surface area contributed by atoms with Gasteiger partial charge in [0, 0.05) is 115 Å². The highest BCUT2D eigenvalue weighted by molar-refractivity contribution is 6.34. The lowest BCUT2D eigenvalue weighted by Gasteiger charge is -2.35. The maximum Gasteiger partial charge on any atom is 0.328 e. The molecular weight excluding hydrogens is 801 g/mol. The summed E-state index contributed by atoms with van der Waals surface area (Å²) in [7, 11) is 3.31. The van der Waals surface area contributed by atoms with Crippen molar-refractivity contribution in [1.29, 1.82) is 0 Å². The van der Waals surface area contributed by atoms with Crippen molar-refractivity contribution < 1.29 is 28.4 Å². The van der Waals surface area contributed by atoms with Crippen LogP contribution in [0.15, 0.2) is 79.1 Å². The van der Waals surface area contributed by atoms with Gasteiger partial charge in [-0.25, -0.2) is 9.18 Å². The Balaban J connectivity index is 0.936. The third-order valence-corrected chi connectivity index (χ3v) is 12.0. The maximum atomic E-state index is 16.5. The van der Waals surface area contributed by atoms with Crippen molar-refractivity contribution in [1.82, 2.24) is 39.7 Å². The summed E-state index contributed by atoms with van der Waals surface area (Å²) in [4.78, 5) is 75.7. The lowest BCUT2D eigenvalue weighted by Crippen LogP contribution is -2.50. The molecule has 16 heteroatoms. The first kappa shape index (κ1) is 41.4. The summed E-state index contributed by atoms with van der Waals surface area (Å²) in [5.41, 5.74) is 5.22. The zero-order valence-corrected chi connectivity index (χ0v) is 34.9. The zero-order valence-electron chi connectivity index (χ0n) is 34.1. The van der Waals surface area contributed by atoms with Gasteiger partial charge in [-0.1, -0.05) is 41.9 Å². The average molecular weight is 848 g/mol. The molecule has 0 radical (unpaired) electrons. The Hall–Kier alpha value is -6.32. The van der Waals surface area contributed by atoms with E-state index in [0.29, 0.717) is 72.9 Å². The Kier molecular flexibility index (Phi) is 12.0. The van der Waals surface area contributed by atoms with Gasteiger partial charge in [0.1, 0.15) is 5.69 Å². The number of nitrogens with zero attached hydrogens (tertiary/aromatic N) is 7. The number of rotatable bonds is 11. The molecule has 5 aromatic rings. The number of hydrogen-bond donors (Lipinski definition) is 2. The number of benzene rings is 3. The van der Waals surface area contributed by atoms with Gasteiger partial charge >= 0.3 is 6.03 Å². The molecule has 2 N–H and O–H groups in total. The zero-order chi connectivity index (χ0) is 42.8. The van der Waals surface area contributed by atoms with Crippen molar-refractivity contribution >= 4 is 63.4 Å². The van der Waals surface area contributed by atoms with Crippen LogP contribution in [0.2, 0.25) is 5.02 Å². The summed E-state index contributed by atoms with van der Waals surface area (Å²) < 4.78 is 18.3. The number of hydrogen-bond acceptors (Lipinski definition) is 7. The Morgan fingerprint density at radius 1 is 0.902 bits per heavy atom. The fraction of sp³-hybridized carbons (Fsp3) is 0.333. The van der Waals surface area contributed by atoms with E-state index in [1.165, 1.54) is 9.80 Å². The topological polar surface area (TPSA) is 147 Å². The van der Waals surface area contributed by atoms with E-state index in [4.69, 9.17) is 11.6 Å². The second-order valence-electron chi connectivity index (χ2n) is 15.8. The maximum absolute atomic E-state index is 16.5. The Bertz CT molecular complexity index is 2530. The molecule has 2 saturated heterocycles. The number of amides is 6. The molecule has 5 heterocycles. The molecule has 0 aliphatic carbocycles. The number of aromatic amines is 1. The SMILES string of the molecule is CN(C)C(=O)c1cc2c(-c3ccc(CCN4CCN(C(=O)c5ccc(Cl)c(N6CCC(=O)NC6=O)c5)CC4)cc3)cc(C3=CCCN(C(=O)CCn4cccn4)C3)c(F)c2[nH]1. The van der Waals surface area contributed by atoms with E-state index in [1.54, 1.807) is 59.0 Å². The number of aromatic nitrogens is 3. The number of aryl methyl sites for hydroxylation is 1. The van der Waals surface area contributed by atoms with Crippen molar-refractivity contribution in [2.75, 3.05) is 71.4 Å². The first-order valence-corrected chi connectivity index (χ1v) is 20.8. The summed E-state index contributed by atoms with van der Waals surface area (Å²) in [6.45, 7) is 4.74. The largest absolute Gasteiger partial charge is 0.348 e. The standard InChI is InChI=1S/C45H47ClFN9O5/c1-51(2)44(60)37-27-35-33(26-34(41(47)42(35)49-37)32-5-3-16-54(28-32)40(58)14-19-55-17-4-15-48-55)30-8-6-29(7-9-30)12-18-52-21-23-53(24-22-52)43(59)31-10-11-36(46)38(25-31)56-20-13-39(57)50-45(56)61/h4-11,15,17,25-27,49H,3,12-14,16,18-24,28H2,1-2H3,(H,50,57,61). The van der Waals surface area contributed by atoms with Crippen LogP contribution in [0.4, 0.5) is 14.9 Å². The molecule has 3 aromatic carbocycles. The van der Waals surface area contributed by atoms with Gasteiger partial charge in [0.05, 0.1) is 16.2 Å². The third-order valence-electron chi connectivity index (χ3n) is 11.6. The molecule has 6 amide bonds. The number of imide groups is 1. The summed E-state index contributed by atoms with van der Waals surface area (Å²) in [6.07, 6.45) is 7.31. The molecule has 0 atom stereocenters. The van der Waals surface area contributed by atoms with Crippen LogP contribution in [0.3, 0.4) is 0 Å². The van der Waals surface area contributed by atoms with Gasteiger partial charge in [-0.3, -0.25) is 39.0 Å². The Morgan fingerprint density at radius 2 is 1.69 bits per heavy atom. The number of piperazine rings is 1. The second kappa shape index (κ2) is 17.7. The van der Waals surface area contributed by atoms with E-state index in [9.17, 15) is 24.0 Å². The van der Waals surface area contributed by atoms with Gasteiger partial charge in [0.15, 0.2) is 5.82 Å². The molecule has 14 nitrogen and oxygen atoms in total. The van der Waals surface area contributed by atoms with Crippen molar-refractivity contribution in [3.05, 3.63) is 112 Å². The van der Waals surface area contributed by atoms with Gasteiger partial charge in [0.25, 0.3) is 11.8 Å². The molecule has 0 spiro atoms. The molecule has 2 aromatic heterocycles. The normalized spacial score (nSPS) is 16.2. The fourth-order valence-corrected chi connectivity index (χ4v) is 8.40. The fourth-order valence-electron chi connectivity index (χ4n) is 8.18. The molecule has 8 rings (SSSR count). The van der Waals surface area contributed by atoms with Crippen LogP contribution >= 0.6 is 11.6 Å². The van der Waals surface area contributed by atoms with Crippen LogP contribution in [0.5, 0.6) is 0 Å². The molecule has 3 aliphatic heterocycles. The van der Waals surface area contributed by atoms with Crippen LogP contribution < -0.4 is 10.2 Å². The summed E-state index contributed by atoms with van der Waals surface area (Å²) in [5.74, 6) is -1.24. The molecule has 0 unspecified atom stereocenters. The lowest BCUT2D eigenvalue weighted by molar-refractivity contribution is -0.131. The van der Waals surface area contributed by atoms with Gasteiger partial charge in [-0.05, 0) is 71.5 Å². The molecule has 2 fully saturated rings. The van der Waals surface area contributed by atoms with Crippen molar-refractivity contribution in [2.45, 2.75) is 32.2 Å². The highest BCUT2D eigenvalue weighted by Gasteiger charge is 2.29. The number of carbonyl (C=O) groups is 5. The summed E-state index contributed by atoms with van der Waals surface area (Å²) in [5, 5.41) is 7.40. The lowest BCUT2D eigenvalue weighted by atomic mass is 9.92. The predicted octanol–water partition coefficient (Wildman–Crippen LogP) is 5.68. The number of halogens is 2. The third kappa shape index (κ3) is 8.93. The highest BCUT2D eigenvalue weighted by atomic mass is 35.5. The van der Waals surface area contributed by atoms with Crippen LogP contribution in [0.25, 0.3) is 27.6 Å². The van der Waals surface area contributed by atoms with Crippen molar-refractivity contribution in [3.63, 3.8) is 0 Å². The van der Waals surface area contributed by atoms with Crippen molar-refractivity contribution in [2.24, 2.45) is 0 Å². The molecular formula is C45H47ClFN9O5. The predicted molar refractivity (Wildman–Crippen MR) is 231 cm³/mol. The van der Waals surface area contributed by atoms with E-state index in [0.717, 1.165) is 35.2 Å². The average Bonchev–Trinajstić information content (AvgIpc) is 3.97. The monoisotopic (exact) mass is 847 g/mol. The van der Waals surface area contributed by atoms with Crippen LogP contribution in [-0.2, 0) is 22.6 Å². The van der Waals surface area contributed by atoms with E-state index < -0.39 is 11.8 Å². The number of nitrogens with one attached hydrogen (secondary N) is 2. The van der Waals surface area contributed by atoms with E-state index in [-0.39, 0.29) is 60.8 Å². The number of urea groups is 1. The minimum absolute atomic E-state index is 0.0221. The summed E-state index contributed by atoms with van der Waals surface area (Å²) >= 11 is 6.40. The van der Waals surface area contributed by atoms with Gasteiger partial charge in [-0.2, -0.15) is 5.10 Å². The number of fused-ring (bicyclic) bond motifs is 1. The highest BCUT2D eigenvalue weighted by Crippen LogP contribution is 2.37. The van der Waals surface area contributed by atoms with Gasteiger partial charge in [-0.15, -0.1) is 0 Å². The minimum atomic E-state index is -0.562. The van der Waals surface area contributed by atoms with Crippen LogP contribution in [0, 0.1) is 5.82 Å². The molecule has 3 aliphatic rings. The van der Waals surface area contributed by atoms with Crippen LogP contribution in [-0.4, -0.2) is 130 Å². The molecule has 61 heavy (non-hydrogen) atoms. The summed E-state index contributed by atoms with van der Waals surface area (Å²) in [6, 6.07) is 17.9. The van der Waals surface area contributed by atoms with E-state index >= 15 is 4.39 Å². The van der Waals surface area contributed by atoms with Crippen molar-refractivity contribution in [3.8, 4) is 11.1 Å². The molecule has 316 valence electrons. The molecule has 0 saturated carbocycles. The van der Waals surface area contributed by atoms with Gasteiger partial charge in [0.2, 0.25) is 11.8 Å². The smallest absolute Gasteiger partial charge is 0.328 e. The Labute approximate surface area is 357 Å². The Morgan fingerprint density at radius 3 is 2.41 bits per heavy atom. The molecule has 0 bridgehead atoms. The van der Waals surface area contributed by atoms with E-state index in [2.05, 4.69) is 32.4 Å². The van der Waals surface area contributed by atoms with E-state index in [1.807, 2.05) is 36.5 Å². The number of anilines is 1. The first-order valence-electron chi connectivity index (χ1n) is 20.5. The second-order valence-corrected chi connectivity index (χ2v) is 16.2. The van der Waals surface area contributed by atoms with Crippen LogP contribution in [0.1, 0.15) is 51.2 Å². The first-order chi connectivity index (χ1) is 29.4. The number of carbonyl (C=O) groups excluding carboxylic acids is 5.